The molecule has 0 aromatic heterocycles. The maximum atomic E-state index is 10.3. The monoisotopic (exact) mass is 197 g/mol. The Bertz CT molecular complexity index is 198. The highest BCUT2D eigenvalue weighted by atomic mass is 16.3. The molecule has 0 amide bonds. The molecule has 14 heavy (non-hydrogen) atoms. The molecule has 2 unspecified atom stereocenters. The molecule has 2 rings (SSSR count). The summed E-state index contributed by atoms with van der Waals surface area (Å²) in [6.07, 6.45) is 5.77. The Morgan fingerprint density at radius 1 is 1.29 bits per heavy atom. The molecule has 2 aliphatic rings. The van der Waals surface area contributed by atoms with E-state index in [2.05, 4.69) is 18.7 Å². The molecule has 1 aliphatic carbocycles. The van der Waals surface area contributed by atoms with Crippen LogP contribution in [0.5, 0.6) is 0 Å². The van der Waals surface area contributed by atoms with Crippen molar-refractivity contribution in [3.05, 3.63) is 0 Å². The largest absolute Gasteiger partial charge is 0.389 e. The van der Waals surface area contributed by atoms with E-state index in [1.165, 1.54) is 25.8 Å². The topological polar surface area (TPSA) is 23.5 Å². The van der Waals surface area contributed by atoms with E-state index in [-0.39, 0.29) is 5.60 Å². The predicted molar refractivity (Wildman–Crippen MR) is 58.2 cm³/mol. The van der Waals surface area contributed by atoms with E-state index in [9.17, 15) is 5.11 Å². The molecule has 2 fully saturated rings. The summed E-state index contributed by atoms with van der Waals surface area (Å²) in [5, 5.41) is 10.3. The highest BCUT2D eigenvalue weighted by molar-refractivity contribution is 4.91. The van der Waals surface area contributed by atoms with Gasteiger partial charge in [-0.3, -0.25) is 4.90 Å². The Hall–Kier alpha value is -0.0800. The first-order valence-corrected chi connectivity index (χ1v) is 6.05. The van der Waals surface area contributed by atoms with E-state index in [1.807, 2.05) is 0 Å². The van der Waals surface area contributed by atoms with Crippen LogP contribution < -0.4 is 0 Å². The summed E-state index contributed by atoms with van der Waals surface area (Å²) in [6, 6.07) is 0.676. The minimum atomic E-state index is -0.349. The Morgan fingerprint density at radius 3 is 2.43 bits per heavy atom. The van der Waals surface area contributed by atoms with Gasteiger partial charge in [0.15, 0.2) is 0 Å². The van der Waals surface area contributed by atoms with E-state index < -0.39 is 0 Å². The molecule has 0 radical (unpaired) electrons. The molecule has 1 saturated carbocycles. The van der Waals surface area contributed by atoms with Crippen LogP contribution in [0.25, 0.3) is 0 Å². The van der Waals surface area contributed by atoms with E-state index in [1.54, 1.807) is 0 Å². The van der Waals surface area contributed by atoms with Crippen LogP contribution in [0.3, 0.4) is 0 Å². The molecular formula is C12H23NO. The van der Waals surface area contributed by atoms with Crippen LogP contribution in [0.15, 0.2) is 0 Å². The van der Waals surface area contributed by atoms with Crippen molar-refractivity contribution in [1.82, 2.24) is 4.90 Å². The average molecular weight is 197 g/mol. The standard InChI is InChI=1S/C12H23NO/c1-10-7-11(2)13(8-10)9-12(14)5-3-4-6-12/h10-11,14H,3-9H2,1-2H3. The SMILES string of the molecule is CC1CC(C)N(CC2(O)CCCC2)C1. The number of aliphatic hydroxyl groups is 1. The fourth-order valence-corrected chi connectivity index (χ4v) is 3.18. The summed E-state index contributed by atoms with van der Waals surface area (Å²) < 4.78 is 0. The van der Waals surface area contributed by atoms with Gasteiger partial charge in [0.25, 0.3) is 0 Å². The number of β-amino-alcohol motifs (C(OH)–C–C–N with tert-alkyl or cyclic N) is 1. The van der Waals surface area contributed by atoms with Crippen molar-refractivity contribution >= 4 is 0 Å². The second kappa shape index (κ2) is 3.82. The van der Waals surface area contributed by atoms with Crippen molar-refractivity contribution in [2.45, 2.75) is 57.6 Å². The van der Waals surface area contributed by atoms with Crippen LogP contribution in [0.1, 0.15) is 46.0 Å². The summed E-state index contributed by atoms with van der Waals surface area (Å²) in [5.74, 6) is 0.815. The van der Waals surface area contributed by atoms with Gasteiger partial charge < -0.3 is 5.11 Å². The first-order valence-electron chi connectivity index (χ1n) is 6.05. The second-order valence-electron chi connectivity index (χ2n) is 5.55. The lowest BCUT2D eigenvalue weighted by atomic mass is 10.0. The van der Waals surface area contributed by atoms with Crippen molar-refractivity contribution in [2.24, 2.45) is 5.92 Å². The van der Waals surface area contributed by atoms with E-state index in [0.717, 1.165) is 25.3 Å². The van der Waals surface area contributed by atoms with Gasteiger partial charge in [-0.05, 0) is 32.1 Å². The first kappa shape index (κ1) is 10.4. The van der Waals surface area contributed by atoms with Crippen molar-refractivity contribution in [2.75, 3.05) is 13.1 Å². The minimum Gasteiger partial charge on any atom is -0.389 e. The highest BCUT2D eigenvalue weighted by Gasteiger charge is 2.36. The third-order valence-electron chi connectivity index (χ3n) is 3.94. The third-order valence-corrected chi connectivity index (χ3v) is 3.94. The van der Waals surface area contributed by atoms with Crippen LogP contribution in [-0.4, -0.2) is 34.7 Å². The average Bonchev–Trinajstić information content (AvgIpc) is 2.61. The molecule has 0 bridgehead atoms. The van der Waals surface area contributed by atoms with Gasteiger partial charge in [0.1, 0.15) is 0 Å². The Kier molecular flexibility index (Phi) is 2.85. The molecule has 1 saturated heterocycles. The number of hydrogen-bond donors (Lipinski definition) is 1. The summed E-state index contributed by atoms with van der Waals surface area (Å²) in [4.78, 5) is 2.48. The first-order chi connectivity index (χ1) is 6.59. The van der Waals surface area contributed by atoms with Crippen LogP contribution in [0, 0.1) is 5.92 Å². The summed E-state index contributed by atoms with van der Waals surface area (Å²) in [7, 11) is 0. The molecule has 82 valence electrons. The van der Waals surface area contributed by atoms with Gasteiger partial charge in [-0.1, -0.05) is 19.8 Å². The molecule has 1 heterocycles. The smallest absolute Gasteiger partial charge is 0.0774 e. The maximum Gasteiger partial charge on any atom is 0.0774 e. The zero-order valence-electron chi connectivity index (χ0n) is 9.50. The van der Waals surface area contributed by atoms with Gasteiger partial charge in [-0.15, -0.1) is 0 Å². The predicted octanol–water partition coefficient (Wildman–Crippen LogP) is 2.02. The Labute approximate surface area is 87.3 Å². The molecule has 0 spiro atoms. The van der Waals surface area contributed by atoms with Gasteiger partial charge in [0, 0.05) is 19.1 Å². The third kappa shape index (κ3) is 2.12. The number of rotatable bonds is 2. The molecular weight excluding hydrogens is 174 g/mol. The molecule has 1 aliphatic heterocycles. The van der Waals surface area contributed by atoms with Gasteiger partial charge in [0.2, 0.25) is 0 Å². The lowest BCUT2D eigenvalue weighted by molar-refractivity contribution is 0.00692. The molecule has 2 atom stereocenters. The summed E-state index contributed by atoms with van der Waals surface area (Å²) >= 11 is 0. The highest BCUT2D eigenvalue weighted by Crippen LogP contribution is 2.33. The number of likely N-dealkylation sites (tertiary alicyclic amines) is 1. The molecule has 2 heteroatoms. The Morgan fingerprint density at radius 2 is 1.93 bits per heavy atom. The number of hydrogen-bond acceptors (Lipinski definition) is 2. The lowest BCUT2D eigenvalue weighted by Crippen LogP contribution is -2.42. The van der Waals surface area contributed by atoms with E-state index in [0.29, 0.717) is 6.04 Å². The molecule has 1 N–H and O–H groups in total. The quantitative estimate of drug-likeness (QED) is 0.732. The van der Waals surface area contributed by atoms with Crippen LogP contribution in [0.2, 0.25) is 0 Å². The van der Waals surface area contributed by atoms with E-state index >= 15 is 0 Å². The normalized spacial score (nSPS) is 37.9. The molecule has 2 nitrogen and oxygen atoms in total. The second-order valence-corrected chi connectivity index (χ2v) is 5.55. The lowest BCUT2D eigenvalue weighted by Gasteiger charge is -2.31. The van der Waals surface area contributed by atoms with Gasteiger partial charge in [-0.25, -0.2) is 0 Å². The van der Waals surface area contributed by atoms with Crippen molar-refractivity contribution < 1.29 is 5.11 Å². The fraction of sp³-hybridized carbons (Fsp3) is 1.00. The van der Waals surface area contributed by atoms with Gasteiger partial charge >= 0.3 is 0 Å². The van der Waals surface area contributed by atoms with Crippen LogP contribution in [-0.2, 0) is 0 Å². The van der Waals surface area contributed by atoms with Gasteiger partial charge in [-0.2, -0.15) is 0 Å². The van der Waals surface area contributed by atoms with E-state index in [4.69, 9.17) is 0 Å². The summed E-state index contributed by atoms with van der Waals surface area (Å²) in [6.45, 7) is 6.71. The summed E-state index contributed by atoms with van der Waals surface area (Å²) in [5.41, 5.74) is -0.349. The van der Waals surface area contributed by atoms with Crippen LogP contribution in [0.4, 0.5) is 0 Å². The zero-order valence-corrected chi connectivity index (χ0v) is 9.50. The zero-order chi connectivity index (χ0) is 10.2. The fourth-order valence-electron chi connectivity index (χ4n) is 3.18. The van der Waals surface area contributed by atoms with Gasteiger partial charge in [0.05, 0.1) is 5.60 Å². The maximum absolute atomic E-state index is 10.3. The van der Waals surface area contributed by atoms with Crippen molar-refractivity contribution in [3.63, 3.8) is 0 Å². The number of nitrogens with zero attached hydrogens (tertiary/aromatic N) is 1. The minimum absolute atomic E-state index is 0.349. The van der Waals surface area contributed by atoms with Crippen molar-refractivity contribution in [1.29, 1.82) is 0 Å². The molecule has 0 aromatic carbocycles. The Balaban J connectivity index is 1.90. The molecule has 0 aromatic rings. The van der Waals surface area contributed by atoms with Crippen LogP contribution >= 0.6 is 0 Å². The van der Waals surface area contributed by atoms with Crippen molar-refractivity contribution in [3.8, 4) is 0 Å².